The lowest BCUT2D eigenvalue weighted by Gasteiger charge is -2.34. The molecular formula is C16H15BrN4O2S. The first-order valence-electron chi connectivity index (χ1n) is 7.37. The molecule has 0 N–H and O–H groups in total. The summed E-state index contributed by atoms with van der Waals surface area (Å²) < 4.78 is 27.7. The van der Waals surface area contributed by atoms with E-state index in [-0.39, 0.29) is 0 Å². The van der Waals surface area contributed by atoms with Crippen molar-refractivity contribution in [2.45, 2.75) is 4.90 Å². The highest BCUT2D eigenvalue weighted by atomic mass is 79.9. The molecule has 6 nitrogen and oxygen atoms in total. The number of pyridine rings is 1. The first-order chi connectivity index (χ1) is 11.5. The van der Waals surface area contributed by atoms with Crippen molar-refractivity contribution in [3.05, 3.63) is 52.6 Å². The molecule has 1 aromatic heterocycles. The molecule has 0 spiro atoms. The van der Waals surface area contributed by atoms with Gasteiger partial charge in [-0.15, -0.1) is 0 Å². The van der Waals surface area contributed by atoms with Crippen LogP contribution < -0.4 is 4.90 Å². The maximum Gasteiger partial charge on any atom is 0.243 e. The van der Waals surface area contributed by atoms with Crippen molar-refractivity contribution in [3.63, 3.8) is 0 Å². The summed E-state index contributed by atoms with van der Waals surface area (Å²) >= 11 is 3.31. The molecule has 24 heavy (non-hydrogen) atoms. The van der Waals surface area contributed by atoms with Gasteiger partial charge in [0.2, 0.25) is 10.0 Å². The molecule has 2 aromatic rings. The molecule has 1 aliphatic rings. The van der Waals surface area contributed by atoms with E-state index in [1.54, 1.807) is 36.4 Å². The van der Waals surface area contributed by atoms with Crippen LogP contribution in [0.2, 0.25) is 0 Å². The summed E-state index contributed by atoms with van der Waals surface area (Å²) in [5.74, 6) is 0.759. The average Bonchev–Trinajstić information content (AvgIpc) is 2.62. The molecule has 0 unspecified atom stereocenters. The summed E-state index contributed by atoms with van der Waals surface area (Å²) in [4.78, 5) is 6.58. The van der Waals surface area contributed by atoms with Gasteiger partial charge in [0, 0.05) is 36.8 Å². The van der Waals surface area contributed by atoms with E-state index < -0.39 is 10.0 Å². The van der Waals surface area contributed by atoms with Crippen LogP contribution in [0.1, 0.15) is 5.56 Å². The lowest BCUT2D eigenvalue weighted by atomic mass is 10.3. The number of nitrogens with zero attached hydrogens (tertiary/aromatic N) is 4. The fraction of sp³-hybridized carbons (Fsp3) is 0.250. The first-order valence-corrected chi connectivity index (χ1v) is 9.61. The standard InChI is InChI=1S/C16H15BrN4O2S/c17-14-2-4-15(5-3-14)24(22,23)21-9-7-20(8-10-21)16-6-1-13(11-18)12-19-16/h1-6,12H,7-10H2. The average molecular weight is 407 g/mol. The Kier molecular flexibility index (Phi) is 4.85. The van der Waals surface area contributed by atoms with Gasteiger partial charge in [0.15, 0.2) is 0 Å². The van der Waals surface area contributed by atoms with E-state index in [0.717, 1.165) is 10.3 Å². The van der Waals surface area contributed by atoms with Crippen LogP contribution in [0.15, 0.2) is 52.0 Å². The zero-order valence-electron chi connectivity index (χ0n) is 12.8. The summed E-state index contributed by atoms with van der Waals surface area (Å²) in [7, 11) is -3.47. The molecule has 8 heteroatoms. The van der Waals surface area contributed by atoms with Gasteiger partial charge in [0.25, 0.3) is 0 Å². The minimum Gasteiger partial charge on any atom is -0.354 e. The van der Waals surface area contributed by atoms with E-state index in [0.29, 0.717) is 36.6 Å². The van der Waals surface area contributed by atoms with Gasteiger partial charge >= 0.3 is 0 Å². The second-order valence-corrected chi connectivity index (χ2v) is 8.22. The summed E-state index contributed by atoms with van der Waals surface area (Å²) in [6.07, 6.45) is 1.53. The number of rotatable bonds is 3. The first kappa shape index (κ1) is 16.9. The smallest absolute Gasteiger partial charge is 0.243 e. The SMILES string of the molecule is N#Cc1ccc(N2CCN(S(=O)(=O)c3ccc(Br)cc3)CC2)nc1. The molecular weight excluding hydrogens is 392 g/mol. The predicted molar refractivity (Wildman–Crippen MR) is 94.1 cm³/mol. The Hall–Kier alpha value is -1.95. The van der Waals surface area contributed by atoms with Crippen molar-refractivity contribution in [2.24, 2.45) is 0 Å². The topological polar surface area (TPSA) is 77.3 Å². The molecule has 3 rings (SSSR count). The van der Waals surface area contributed by atoms with Crippen LogP contribution in [0.3, 0.4) is 0 Å². The normalized spacial score (nSPS) is 15.9. The van der Waals surface area contributed by atoms with Gasteiger partial charge in [0.05, 0.1) is 10.5 Å². The minimum absolute atomic E-state index is 0.302. The van der Waals surface area contributed by atoms with E-state index in [2.05, 4.69) is 20.9 Å². The van der Waals surface area contributed by atoms with Crippen LogP contribution in [0.5, 0.6) is 0 Å². The Morgan fingerprint density at radius 1 is 1.04 bits per heavy atom. The third-order valence-electron chi connectivity index (χ3n) is 3.89. The number of anilines is 1. The van der Waals surface area contributed by atoms with Gasteiger partial charge in [-0.1, -0.05) is 15.9 Å². The number of hydrogen-bond donors (Lipinski definition) is 0. The van der Waals surface area contributed by atoms with Gasteiger partial charge in [0.1, 0.15) is 11.9 Å². The van der Waals surface area contributed by atoms with Crippen molar-refractivity contribution in [3.8, 4) is 6.07 Å². The Morgan fingerprint density at radius 3 is 2.25 bits per heavy atom. The molecule has 0 amide bonds. The monoisotopic (exact) mass is 406 g/mol. The van der Waals surface area contributed by atoms with Crippen molar-refractivity contribution in [1.29, 1.82) is 5.26 Å². The molecule has 0 bridgehead atoms. The van der Waals surface area contributed by atoms with E-state index in [1.165, 1.54) is 10.5 Å². The van der Waals surface area contributed by atoms with Gasteiger partial charge in [-0.3, -0.25) is 0 Å². The summed E-state index contributed by atoms with van der Waals surface area (Å²) in [5.41, 5.74) is 0.509. The number of benzene rings is 1. The molecule has 0 atom stereocenters. The summed E-state index contributed by atoms with van der Waals surface area (Å²) in [6.45, 7) is 1.93. The Labute approximate surface area is 149 Å². The number of sulfonamides is 1. The number of aromatic nitrogens is 1. The van der Waals surface area contributed by atoms with Crippen molar-refractivity contribution in [1.82, 2.24) is 9.29 Å². The number of halogens is 1. The minimum atomic E-state index is -3.47. The zero-order valence-corrected chi connectivity index (χ0v) is 15.2. The fourth-order valence-electron chi connectivity index (χ4n) is 2.55. The highest BCUT2D eigenvalue weighted by Gasteiger charge is 2.28. The van der Waals surface area contributed by atoms with E-state index >= 15 is 0 Å². The summed E-state index contributed by atoms with van der Waals surface area (Å²) in [6, 6.07) is 12.2. The van der Waals surface area contributed by atoms with Gasteiger partial charge in [-0.25, -0.2) is 13.4 Å². The van der Waals surface area contributed by atoms with Crippen LogP contribution in [0.4, 0.5) is 5.82 Å². The Bertz CT molecular complexity index is 852. The third kappa shape index (κ3) is 3.43. The molecule has 1 aromatic carbocycles. The third-order valence-corrected chi connectivity index (χ3v) is 6.33. The van der Waals surface area contributed by atoms with E-state index in [4.69, 9.17) is 5.26 Å². The largest absolute Gasteiger partial charge is 0.354 e. The quantitative estimate of drug-likeness (QED) is 0.780. The molecule has 0 saturated carbocycles. The molecule has 1 aliphatic heterocycles. The molecule has 0 radical (unpaired) electrons. The van der Waals surface area contributed by atoms with E-state index in [9.17, 15) is 8.42 Å². The maximum absolute atomic E-state index is 12.7. The lowest BCUT2D eigenvalue weighted by molar-refractivity contribution is 0.384. The molecule has 1 saturated heterocycles. The second kappa shape index (κ2) is 6.89. The molecule has 0 aliphatic carbocycles. The Morgan fingerprint density at radius 2 is 1.71 bits per heavy atom. The second-order valence-electron chi connectivity index (χ2n) is 5.36. The summed E-state index contributed by atoms with van der Waals surface area (Å²) in [5, 5.41) is 8.81. The van der Waals surface area contributed by atoms with Crippen LogP contribution in [-0.2, 0) is 10.0 Å². The Balaban J connectivity index is 1.70. The number of nitriles is 1. The van der Waals surface area contributed by atoms with Crippen LogP contribution >= 0.6 is 15.9 Å². The van der Waals surface area contributed by atoms with Gasteiger partial charge < -0.3 is 4.90 Å². The van der Waals surface area contributed by atoms with Crippen LogP contribution in [-0.4, -0.2) is 43.9 Å². The number of piperazine rings is 1. The van der Waals surface area contributed by atoms with E-state index in [1.807, 2.05) is 11.0 Å². The lowest BCUT2D eigenvalue weighted by Crippen LogP contribution is -2.48. The molecule has 2 heterocycles. The van der Waals surface area contributed by atoms with Gasteiger partial charge in [-0.2, -0.15) is 9.57 Å². The van der Waals surface area contributed by atoms with Crippen LogP contribution in [0.25, 0.3) is 0 Å². The zero-order chi connectivity index (χ0) is 17.2. The maximum atomic E-state index is 12.7. The molecule has 1 fully saturated rings. The van der Waals surface area contributed by atoms with Crippen molar-refractivity contribution >= 4 is 31.8 Å². The van der Waals surface area contributed by atoms with Crippen molar-refractivity contribution < 1.29 is 8.42 Å². The van der Waals surface area contributed by atoms with Gasteiger partial charge in [-0.05, 0) is 36.4 Å². The highest BCUT2D eigenvalue weighted by Crippen LogP contribution is 2.21. The highest BCUT2D eigenvalue weighted by molar-refractivity contribution is 9.10. The van der Waals surface area contributed by atoms with Crippen molar-refractivity contribution in [2.75, 3.05) is 31.1 Å². The van der Waals surface area contributed by atoms with Crippen LogP contribution in [0, 0.1) is 11.3 Å². The predicted octanol–water partition coefficient (Wildman–Crippen LogP) is 2.23. The molecule has 124 valence electrons. The fourth-order valence-corrected chi connectivity index (χ4v) is 4.24. The number of hydrogen-bond acceptors (Lipinski definition) is 5.